The van der Waals surface area contributed by atoms with Crippen LogP contribution in [0.4, 0.5) is 13.2 Å². The molecule has 2 aromatic heterocycles. The van der Waals surface area contributed by atoms with Crippen molar-refractivity contribution in [2.45, 2.75) is 45.5 Å². The summed E-state index contributed by atoms with van der Waals surface area (Å²) in [5.41, 5.74) is -0.829. The van der Waals surface area contributed by atoms with Crippen LogP contribution in [-0.2, 0) is 12.7 Å². The average Bonchev–Trinajstić information content (AvgIpc) is 3.36. The first-order valence-corrected chi connectivity index (χ1v) is 8.08. The molecular formula is C17H17F3N4O2. The molecule has 1 fully saturated rings. The predicted molar refractivity (Wildman–Crippen MR) is 86.7 cm³/mol. The van der Waals surface area contributed by atoms with Crippen molar-refractivity contribution in [3.05, 3.63) is 57.0 Å². The van der Waals surface area contributed by atoms with Gasteiger partial charge in [0.2, 0.25) is 0 Å². The van der Waals surface area contributed by atoms with Gasteiger partial charge in [0.25, 0.3) is 11.5 Å². The zero-order chi connectivity index (χ0) is 19.1. The highest BCUT2D eigenvalue weighted by Crippen LogP contribution is 2.33. The Kier molecular flexibility index (Phi) is 4.55. The Balaban J connectivity index is 1.81. The molecule has 0 radical (unpaired) electrons. The molecule has 1 aliphatic carbocycles. The predicted octanol–water partition coefficient (Wildman–Crippen LogP) is 2.54. The maximum absolute atomic E-state index is 12.8. The molecule has 3 rings (SSSR count). The van der Waals surface area contributed by atoms with Crippen molar-refractivity contribution in [1.82, 2.24) is 19.9 Å². The Morgan fingerprint density at radius 1 is 1.31 bits per heavy atom. The third-order valence-corrected chi connectivity index (χ3v) is 4.09. The van der Waals surface area contributed by atoms with Crippen molar-refractivity contribution in [3.8, 4) is 0 Å². The summed E-state index contributed by atoms with van der Waals surface area (Å²) >= 11 is 0. The summed E-state index contributed by atoms with van der Waals surface area (Å²) in [6.45, 7) is 2.75. The highest BCUT2D eigenvalue weighted by Gasteiger charge is 2.33. The van der Waals surface area contributed by atoms with Gasteiger partial charge < -0.3 is 9.88 Å². The second-order valence-corrected chi connectivity index (χ2v) is 6.31. The van der Waals surface area contributed by atoms with Gasteiger partial charge in [-0.15, -0.1) is 0 Å². The number of hydrogen-bond donors (Lipinski definition) is 1. The van der Waals surface area contributed by atoms with Crippen LogP contribution in [0.2, 0.25) is 0 Å². The Morgan fingerprint density at radius 3 is 2.62 bits per heavy atom. The fourth-order valence-electron chi connectivity index (χ4n) is 2.66. The van der Waals surface area contributed by atoms with Gasteiger partial charge in [-0.25, -0.2) is 9.97 Å². The number of halogens is 3. The summed E-state index contributed by atoms with van der Waals surface area (Å²) in [5, 5.41) is 2.44. The Morgan fingerprint density at radius 2 is 2.00 bits per heavy atom. The molecule has 0 spiro atoms. The first kappa shape index (κ1) is 18.1. The van der Waals surface area contributed by atoms with Crippen molar-refractivity contribution in [1.29, 1.82) is 0 Å². The maximum Gasteiger partial charge on any atom is 0.433 e. The quantitative estimate of drug-likeness (QED) is 0.902. The van der Waals surface area contributed by atoms with E-state index in [9.17, 15) is 22.8 Å². The molecule has 0 aliphatic heterocycles. The third-order valence-electron chi connectivity index (χ3n) is 4.09. The molecule has 0 saturated heterocycles. The fraction of sp³-hybridized carbons (Fsp3) is 0.412. The van der Waals surface area contributed by atoms with Crippen LogP contribution in [0.15, 0.2) is 23.1 Å². The zero-order valence-corrected chi connectivity index (χ0v) is 14.2. The lowest BCUT2D eigenvalue weighted by atomic mass is 10.1. The first-order chi connectivity index (χ1) is 12.2. The number of amides is 1. The molecule has 1 N–H and O–H groups in total. The van der Waals surface area contributed by atoms with E-state index in [2.05, 4.69) is 15.3 Å². The van der Waals surface area contributed by atoms with Gasteiger partial charge in [0, 0.05) is 17.9 Å². The van der Waals surface area contributed by atoms with Gasteiger partial charge in [-0.1, -0.05) is 0 Å². The lowest BCUT2D eigenvalue weighted by molar-refractivity contribution is -0.141. The Labute approximate surface area is 147 Å². The van der Waals surface area contributed by atoms with Crippen molar-refractivity contribution in [2.75, 3.05) is 0 Å². The first-order valence-electron chi connectivity index (χ1n) is 8.08. The molecule has 2 heterocycles. The summed E-state index contributed by atoms with van der Waals surface area (Å²) in [6.07, 6.45) is -1.16. The highest BCUT2D eigenvalue weighted by atomic mass is 19.4. The Bertz CT molecular complexity index is 917. The second-order valence-electron chi connectivity index (χ2n) is 6.31. The number of alkyl halides is 3. The summed E-state index contributed by atoms with van der Waals surface area (Å²) in [5.74, 6) is -0.817. The van der Waals surface area contributed by atoms with Crippen LogP contribution in [0.25, 0.3) is 0 Å². The smallest absolute Gasteiger partial charge is 0.345 e. The molecule has 26 heavy (non-hydrogen) atoms. The lowest BCUT2D eigenvalue weighted by Gasteiger charge is -2.11. The molecule has 6 nitrogen and oxygen atoms in total. The van der Waals surface area contributed by atoms with Crippen LogP contribution in [0.1, 0.15) is 52.0 Å². The third kappa shape index (κ3) is 3.76. The normalized spacial score (nSPS) is 14.3. The van der Waals surface area contributed by atoms with Crippen LogP contribution < -0.4 is 10.9 Å². The summed E-state index contributed by atoms with van der Waals surface area (Å²) < 4.78 is 40.0. The Hall–Kier alpha value is -2.71. The lowest BCUT2D eigenvalue weighted by Crippen LogP contribution is -2.34. The molecule has 138 valence electrons. The van der Waals surface area contributed by atoms with E-state index in [0.717, 1.165) is 18.9 Å². The summed E-state index contributed by atoms with van der Waals surface area (Å²) in [7, 11) is 0. The van der Waals surface area contributed by atoms with E-state index in [1.165, 1.54) is 11.5 Å². The number of hydrogen-bond acceptors (Lipinski definition) is 4. The van der Waals surface area contributed by atoms with Crippen LogP contribution >= 0.6 is 0 Å². The zero-order valence-electron chi connectivity index (χ0n) is 14.2. The number of pyridine rings is 1. The molecular weight excluding hydrogens is 349 g/mol. The van der Waals surface area contributed by atoms with Gasteiger partial charge in [-0.05, 0) is 44.4 Å². The number of carbonyl (C=O) groups is 1. The van der Waals surface area contributed by atoms with Crippen molar-refractivity contribution >= 4 is 5.91 Å². The van der Waals surface area contributed by atoms with E-state index in [0.29, 0.717) is 5.56 Å². The number of rotatable bonds is 4. The standard InChI is InChI=1S/C17H17F3N4O2/c1-9-5-6-24(11-3-4-11)16(26)14(9)15(25)21-8-13-22-10(2)7-12(23-13)17(18,19)20/h5-7,11H,3-4,8H2,1-2H3,(H,21,25). The van der Waals surface area contributed by atoms with Crippen molar-refractivity contribution in [2.24, 2.45) is 0 Å². The van der Waals surface area contributed by atoms with Gasteiger partial charge >= 0.3 is 6.18 Å². The molecule has 1 saturated carbocycles. The molecule has 1 amide bonds. The van der Waals surface area contributed by atoms with Crippen molar-refractivity contribution in [3.63, 3.8) is 0 Å². The minimum atomic E-state index is -4.60. The van der Waals surface area contributed by atoms with E-state index in [4.69, 9.17) is 0 Å². The topological polar surface area (TPSA) is 76.9 Å². The van der Waals surface area contributed by atoms with Crippen LogP contribution in [0.5, 0.6) is 0 Å². The molecule has 0 aromatic carbocycles. The number of nitrogens with one attached hydrogen (secondary N) is 1. The second kappa shape index (κ2) is 6.54. The molecule has 0 atom stereocenters. The van der Waals surface area contributed by atoms with Gasteiger partial charge in [0.15, 0.2) is 0 Å². The summed E-state index contributed by atoms with van der Waals surface area (Å²) in [4.78, 5) is 32.2. The van der Waals surface area contributed by atoms with Gasteiger partial charge in [0.1, 0.15) is 17.1 Å². The van der Waals surface area contributed by atoms with E-state index >= 15 is 0 Å². The molecule has 0 bridgehead atoms. The van der Waals surface area contributed by atoms with Crippen LogP contribution in [-0.4, -0.2) is 20.4 Å². The van der Waals surface area contributed by atoms with E-state index in [-0.39, 0.29) is 29.7 Å². The van der Waals surface area contributed by atoms with Crippen LogP contribution in [0, 0.1) is 13.8 Å². The van der Waals surface area contributed by atoms with E-state index < -0.39 is 23.3 Å². The minimum absolute atomic E-state index is 0.0110. The maximum atomic E-state index is 12.8. The number of aryl methyl sites for hydroxylation is 2. The SMILES string of the molecule is Cc1cc(C(F)(F)F)nc(CNC(=O)c2c(C)ccn(C3CC3)c2=O)n1. The van der Waals surface area contributed by atoms with Gasteiger partial charge in [0.05, 0.1) is 6.54 Å². The van der Waals surface area contributed by atoms with Gasteiger partial charge in [-0.3, -0.25) is 9.59 Å². The highest BCUT2D eigenvalue weighted by molar-refractivity contribution is 5.95. The van der Waals surface area contributed by atoms with E-state index in [1.54, 1.807) is 19.2 Å². The number of aromatic nitrogens is 3. The fourth-order valence-corrected chi connectivity index (χ4v) is 2.66. The summed E-state index contributed by atoms with van der Waals surface area (Å²) in [6, 6.07) is 2.63. The average molecular weight is 366 g/mol. The number of nitrogens with zero attached hydrogens (tertiary/aromatic N) is 3. The van der Waals surface area contributed by atoms with Crippen molar-refractivity contribution < 1.29 is 18.0 Å². The minimum Gasteiger partial charge on any atom is -0.345 e. The number of carbonyl (C=O) groups excluding carboxylic acids is 1. The van der Waals surface area contributed by atoms with Gasteiger partial charge in [-0.2, -0.15) is 13.2 Å². The monoisotopic (exact) mass is 366 g/mol. The molecule has 0 unspecified atom stereocenters. The van der Waals surface area contributed by atoms with E-state index in [1.807, 2.05) is 0 Å². The molecule has 2 aromatic rings. The van der Waals surface area contributed by atoms with Crippen LogP contribution in [0.3, 0.4) is 0 Å². The molecule has 1 aliphatic rings. The molecule has 9 heteroatoms. The largest absolute Gasteiger partial charge is 0.433 e.